The summed E-state index contributed by atoms with van der Waals surface area (Å²) in [6.45, 7) is 0.437. The summed E-state index contributed by atoms with van der Waals surface area (Å²) in [4.78, 5) is 9.84. The minimum absolute atomic E-state index is 0.0462. The van der Waals surface area contributed by atoms with Crippen LogP contribution in [0, 0.1) is 0 Å². The van der Waals surface area contributed by atoms with Gasteiger partial charge in [-0.2, -0.15) is 0 Å². The number of hydrogen-bond donors (Lipinski definition) is 3. The van der Waals surface area contributed by atoms with Gasteiger partial charge in [0, 0.05) is 13.1 Å². The first-order valence-corrected chi connectivity index (χ1v) is 4.77. The fourth-order valence-corrected chi connectivity index (χ4v) is 0.963. The molecule has 0 spiro atoms. The highest BCUT2D eigenvalue weighted by Crippen LogP contribution is 2.14. The molecule has 0 aromatic rings. The summed E-state index contributed by atoms with van der Waals surface area (Å²) in [5.41, 5.74) is 0. The maximum atomic E-state index is 10.1. The Balaban J connectivity index is 3.54. The normalized spacial score (nSPS) is 13.7. The van der Waals surface area contributed by atoms with Gasteiger partial charge >= 0.3 is 8.25 Å². The van der Waals surface area contributed by atoms with Crippen LogP contribution < -0.4 is 0 Å². The quantitative estimate of drug-likeness (QED) is 0.346. The molecule has 12 heavy (non-hydrogen) atoms. The van der Waals surface area contributed by atoms with Crippen LogP contribution in [-0.2, 0) is 9.09 Å². The molecule has 0 heterocycles. The van der Waals surface area contributed by atoms with Crippen LogP contribution in [-0.4, -0.2) is 53.0 Å². The van der Waals surface area contributed by atoms with Gasteiger partial charge in [-0.25, -0.2) is 0 Å². The van der Waals surface area contributed by atoms with Gasteiger partial charge in [-0.1, -0.05) is 0 Å². The van der Waals surface area contributed by atoms with Gasteiger partial charge in [0.15, 0.2) is 0 Å². The van der Waals surface area contributed by atoms with Gasteiger partial charge < -0.3 is 15.1 Å². The van der Waals surface area contributed by atoms with Gasteiger partial charge in [0.1, 0.15) is 6.73 Å². The molecular formula is C5H14NO5P. The lowest BCUT2D eigenvalue weighted by atomic mass is 10.5. The number of rotatable bonds is 7. The Hall–Kier alpha value is 0.0300. The number of aliphatic hydroxyl groups is 2. The average molecular weight is 199 g/mol. The molecule has 0 bridgehead atoms. The molecule has 0 aromatic carbocycles. The third-order valence-corrected chi connectivity index (χ3v) is 1.58. The van der Waals surface area contributed by atoms with E-state index in [2.05, 4.69) is 4.52 Å². The van der Waals surface area contributed by atoms with Crippen molar-refractivity contribution in [2.45, 2.75) is 0 Å². The van der Waals surface area contributed by atoms with Gasteiger partial charge in [-0.15, -0.1) is 0 Å². The van der Waals surface area contributed by atoms with Gasteiger partial charge in [0.25, 0.3) is 0 Å². The van der Waals surface area contributed by atoms with Crippen molar-refractivity contribution in [2.75, 3.05) is 33.0 Å². The smallest absolute Gasteiger partial charge is 0.317 e. The fraction of sp³-hybridized carbons (Fsp3) is 1.00. The second kappa shape index (κ2) is 7.67. The molecule has 6 nitrogen and oxygen atoms in total. The molecule has 0 fully saturated rings. The summed E-state index contributed by atoms with van der Waals surface area (Å²) < 4.78 is 14.5. The van der Waals surface area contributed by atoms with E-state index >= 15 is 0 Å². The lowest BCUT2D eigenvalue weighted by Gasteiger charge is -2.18. The highest BCUT2D eigenvalue weighted by molar-refractivity contribution is 7.32. The van der Waals surface area contributed by atoms with Crippen LogP contribution in [0.2, 0.25) is 0 Å². The molecule has 0 aliphatic rings. The molecule has 0 rings (SSSR count). The van der Waals surface area contributed by atoms with Crippen LogP contribution in [0.4, 0.5) is 0 Å². The highest BCUT2D eigenvalue weighted by Gasteiger charge is 2.03. The molecule has 0 saturated heterocycles. The topological polar surface area (TPSA) is 90.2 Å². The van der Waals surface area contributed by atoms with Crippen LogP contribution in [0.3, 0.4) is 0 Å². The minimum atomic E-state index is -2.92. The predicted molar refractivity (Wildman–Crippen MR) is 42.9 cm³/mol. The second-order valence-corrected chi connectivity index (χ2v) is 2.93. The van der Waals surface area contributed by atoms with E-state index in [0.29, 0.717) is 13.1 Å². The SMILES string of the molecule is O=[PH](O)OCN(CCO)CCO. The first-order chi connectivity index (χ1) is 5.70. The van der Waals surface area contributed by atoms with Crippen molar-refractivity contribution < 1.29 is 24.2 Å². The van der Waals surface area contributed by atoms with Crippen molar-refractivity contribution in [1.82, 2.24) is 4.90 Å². The van der Waals surface area contributed by atoms with E-state index < -0.39 is 8.25 Å². The van der Waals surface area contributed by atoms with Crippen LogP contribution in [0.5, 0.6) is 0 Å². The molecule has 1 atom stereocenters. The Kier molecular flexibility index (Phi) is 7.69. The van der Waals surface area contributed by atoms with Gasteiger partial charge in [0.05, 0.1) is 13.2 Å². The molecular weight excluding hydrogens is 185 g/mol. The summed E-state index contributed by atoms with van der Waals surface area (Å²) in [5.74, 6) is 0. The molecule has 1 unspecified atom stereocenters. The lowest BCUT2D eigenvalue weighted by molar-refractivity contribution is 0.0828. The van der Waals surface area contributed by atoms with Crippen LogP contribution in [0.15, 0.2) is 0 Å². The molecule has 0 aliphatic carbocycles. The van der Waals surface area contributed by atoms with E-state index in [4.69, 9.17) is 15.1 Å². The zero-order chi connectivity index (χ0) is 9.40. The first kappa shape index (κ1) is 12.0. The molecule has 74 valence electrons. The monoisotopic (exact) mass is 199 g/mol. The van der Waals surface area contributed by atoms with Crippen molar-refractivity contribution in [2.24, 2.45) is 0 Å². The Bertz CT molecular complexity index is 127. The van der Waals surface area contributed by atoms with E-state index in [0.717, 1.165) is 0 Å². The van der Waals surface area contributed by atoms with Crippen LogP contribution >= 0.6 is 8.25 Å². The predicted octanol–water partition coefficient (Wildman–Crippen LogP) is -1.37. The van der Waals surface area contributed by atoms with Crippen LogP contribution in [0.25, 0.3) is 0 Å². The van der Waals surface area contributed by atoms with E-state index in [1.807, 2.05) is 0 Å². The number of hydrogen-bond acceptors (Lipinski definition) is 5. The van der Waals surface area contributed by atoms with E-state index in [-0.39, 0.29) is 19.9 Å². The number of nitrogens with zero attached hydrogens (tertiary/aromatic N) is 1. The van der Waals surface area contributed by atoms with E-state index in [9.17, 15) is 4.57 Å². The number of aliphatic hydroxyl groups excluding tert-OH is 2. The average Bonchev–Trinajstić information content (AvgIpc) is 2.01. The first-order valence-electron chi connectivity index (χ1n) is 3.50. The summed E-state index contributed by atoms with van der Waals surface area (Å²) in [6, 6.07) is 0. The third-order valence-electron chi connectivity index (χ3n) is 1.20. The lowest BCUT2D eigenvalue weighted by Crippen LogP contribution is -2.31. The Labute approximate surface area is 71.3 Å². The Morgan fingerprint density at radius 1 is 1.25 bits per heavy atom. The second-order valence-electron chi connectivity index (χ2n) is 2.10. The highest BCUT2D eigenvalue weighted by atomic mass is 31.1. The Morgan fingerprint density at radius 3 is 2.08 bits per heavy atom. The zero-order valence-corrected chi connectivity index (χ0v) is 7.64. The summed E-state index contributed by atoms with van der Waals surface area (Å²) >= 11 is 0. The molecule has 0 amide bonds. The molecule has 0 saturated carbocycles. The molecule has 0 aromatic heterocycles. The van der Waals surface area contributed by atoms with Gasteiger partial charge in [-0.3, -0.25) is 14.0 Å². The summed E-state index contributed by atoms with van der Waals surface area (Å²) in [6.07, 6.45) is 0. The minimum Gasteiger partial charge on any atom is -0.395 e. The van der Waals surface area contributed by atoms with Crippen LogP contribution in [0.1, 0.15) is 0 Å². The largest absolute Gasteiger partial charge is 0.395 e. The van der Waals surface area contributed by atoms with Crippen molar-refractivity contribution in [3.05, 3.63) is 0 Å². The maximum Gasteiger partial charge on any atom is 0.317 e. The third kappa shape index (κ3) is 6.72. The van der Waals surface area contributed by atoms with Crippen molar-refractivity contribution in [3.63, 3.8) is 0 Å². The summed E-state index contributed by atoms with van der Waals surface area (Å²) in [7, 11) is -2.92. The zero-order valence-electron chi connectivity index (χ0n) is 6.64. The van der Waals surface area contributed by atoms with Crippen molar-refractivity contribution in [1.29, 1.82) is 0 Å². The standard InChI is InChI=1S/C5H14NO5P/c7-3-1-6(2-4-8)5-11-12(9)10/h7-8,12H,1-5H2,(H,9,10). The van der Waals surface area contributed by atoms with E-state index in [1.165, 1.54) is 4.90 Å². The molecule has 0 radical (unpaired) electrons. The molecule has 3 N–H and O–H groups in total. The van der Waals surface area contributed by atoms with Gasteiger partial charge in [0.2, 0.25) is 0 Å². The van der Waals surface area contributed by atoms with E-state index in [1.54, 1.807) is 0 Å². The Morgan fingerprint density at radius 2 is 1.75 bits per heavy atom. The molecule has 7 heteroatoms. The fourth-order valence-electron chi connectivity index (χ4n) is 0.670. The summed E-state index contributed by atoms with van der Waals surface area (Å²) in [5, 5.41) is 17.0. The van der Waals surface area contributed by atoms with Crippen molar-refractivity contribution in [3.8, 4) is 0 Å². The maximum absolute atomic E-state index is 10.1. The van der Waals surface area contributed by atoms with Crippen molar-refractivity contribution >= 4 is 8.25 Å². The van der Waals surface area contributed by atoms with Gasteiger partial charge in [-0.05, 0) is 0 Å². The molecule has 0 aliphatic heterocycles.